The van der Waals surface area contributed by atoms with Crippen molar-refractivity contribution in [1.29, 1.82) is 0 Å². The van der Waals surface area contributed by atoms with E-state index in [4.69, 9.17) is 16.3 Å². The van der Waals surface area contributed by atoms with Crippen LogP contribution in [0.25, 0.3) is 0 Å². The van der Waals surface area contributed by atoms with Gasteiger partial charge in [0.05, 0.1) is 22.6 Å². The Balaban J connectivity index is 2.66. The number of hydrogen-bond acceptors (Lipinski definition) is 4. The molecule has 9 heteroatoms. The first kappa shape index (κ1) is 17.0. The third kappa shape index (κ3) is 3.54. The number of nitrogens with zero attached hydrogens (tertiary/aromatic N) is 1. The van der Waals surface area contributed by atoms with Crippen molar-refractivity contribution in [2.45, 2.75) is 12.8 Å². The van der Waals surface area contributed by atoms with E-state index in [9.17, 15) is 28.4 Å². The van der Waals surface area contributed by atoms with Crippen LogP contribution < -0.4 is 4.74 Å². The molecule has 2 aromatic carbocycles. The molecule has 0 unspecified atom stereocenters. The summed E-state index contributed by atoms with van der Waals surface area (Å²) < 4.78 is 44.5. The largest absolute Gasteiger partial charge is 0.456 e. The molecule has 0 saturated heterocycles. The van der Waals surface area contributed by atoms with E-state index in [0.717, 1.165) is 0 Å². The maximum absolute atomic E-state index is 13.1. The molecule has 2 rings (SSSR count). The molecule has 0 amide bonds. The number of ether oxygens (including phenoxy) is 1. The van der Waals surface area contributed by atoms with Gasteiger partial charge in [-0.25, -0.2) is 0 Å². The van der Waals surface area contributed by atoms with Crippen LogP contribution >= 0.6 is 11.6 Å². The molecule has 0 heterocycles. The summed E-state index contributed by atoms with van der Waals surface area (Å²) in [6.07, 6.45) is -5.05. The summed E-state index contributed by atoms with van der Waals surface area (Å²) in [5.74, 6) is -0.117. The molecule has 0 saturated carbocycles. The van der Waals surface area contributed by atoms with E-state index >= 15 is 0 Å². The smallest absolute Gasteiger partial charge is 0.423 e. The first-order chi connectivity index (χ1) is 10.8. The SMILES string of the molecule is O=[N+]([O-])c1cc(Oc2ccccc2)c(Cl)c(CO)c1C(F)(F)F. The predicted octanol–water partition coefficient (Wildman–Crippen LogP) is 4.55. The maximum atomic E-state index is 13.1. The van der Waals surface area contributed by atoms with Crippen LogP contribution in [0.4, 0.5) is 18.9 Å². The number of alkyl halides is 3. The second-order valence-electron chi connectivity index (χ2n) is 4.39. The molecular formula is C14H9ClF3NO4. The molecular weight excluding hydrogens is 339 g/mol. The Bertz CT molecular complexity index is 735. The van der Waals surface area contributed by atoms with Crippen LogP contribution in [0.5, 0.6) is 11.5 Å². The standard InChI is InChI=1S/C14H9ClF3NO4/c15-13-9(7-20)12(14(16,17)18)10(19(21)22)6-11(13)23-8-4-2-1-3-5-8/h1-6,20H,7H2. The number of para-hydroxylation sites is 1. The summed E-state index contributed by atoms with van der Waals surface area (Å²) >= 11 is 5.84. The Morgan fingerprint density at radius 1 is 1.26 bits per heavy atom. The average molecular weight is 348 g/mol. The van der Waals surface area contributed by atoms with Crippen molar-refractivity contribution in [1.82, 2.24) is 0 Å². The number of nitro groups is 1. The van der Waals surface area contributed by atoms with Gasteiger partial charge in [-0.1, -0.05) is 29.8 Å². The normalized spacial score (nSPS) is 11.3. The zero-order valence-corrected chi connectivity index (χ0v) is 12.1. The van der Waals surface area contributed by atoms with E-state index in [1.54, 1.807) is 18.2 Å². The van der Waals surface area contributed by atoms with Gasteiger partial charge in [0.15, 0.2) is 5.75 Å². The molecule has 0 aliphatic carbocycles. The molecule has 0 aliphatic heterocycles. The minimum Gasteiger partial charge on any atom is -0.456 e. The molecule has 0 radical (unpaired) electrons. The summed E-state index contributed by atoms with van der Waals surface area (Å²) in [6.45, 7) is -1.12. The lowest BCUT2D eigenvalue weighted by atomic mass is 10.0. The highest BCUT2D eigenvalue weighted by Crippen LogP contribution is 2.46. The molecule has 0 spiro atoms. The van der Waals surface area contributed by atoms with Gasteiger partial charge < -0.3 is 9.84 Å². The van der Waals surface area contributed by atoms with Crippen LogP contribution in [0.2, 0.25) is 5.02 Å². The molecule has 0 atom stereocenters. The van der Waals surface area contributed by atoms with Crippen molar-refractivity contribution >= 4 is 17.3 Å². The van der Waals surface area contributed by atoms with Crippen molar-refractivity contribution < 1.29 is 27.9 Å². The van der Waals surface area contributed by atoms with Gasteiger partial charge in [0.1, 0.15) is 11.3 Å². The zero-order chi connectivity index (χ0) is 17.2. The lowest BCUT2D eigenvalue weighted by Gasteiger charge is -2.16. The van der Waals surface area contributed by atoms with Gasteiger partial charge in [-0.2, -0.15) is 13.2 Å². The highest BCUT2D eigenvalue weighted by molar-refractivity contribution is 6.33. The number of hydrogen-bond donors (Lipinski definition) is 1. The summed E-state index contributed by atoms with van der Waals surface area (Å²) in [7, 11) is 0. The fourth-order valence-electron chi connectivity index (χ4n) is 1.97. The van der Waals surface area contributed by atoms with Gasteiger partial charge in [-0.15, -0.1) is 0 Å². The van der Waals surface area contributed by atoms with Crippen LogP contribution in [-0.4, -0.2) is 10.0 Å². The van der Waals surface area contributed by atoms with Crippen LogP contribution in [0.1, 0.15) is 11.1 Å². The predicted molar refractivity (Wildman–Crippen MR) is 75.5 cm³/mol. The van der Waals surface area contributed by atoms with E-state index in [1.165, 1.54) is 12.1 Å². The zero-order valence-electron chi connectivity index (χ0n) is 11.3. The second-order valence-corrected chi connectivity index (χ2v) is 4.77. The van der Waals surface area contributed by atoms with Crippen LogP contribution in [0.15, 0.2) is 36.4 Å². The number of nitro benzene ring substituents is 1. The average Bonchev–Trinajstić information content (AvgIpc) is 2.48. The van der Waals surface area contributed by atoms with Crippen molar-refractivity contribution in [3.05, 3.63) is 62.7 Å². The molecule has 0 fully saturated rings. The number of halogens is 4. The monoisotopic (exact) mass is 347 g/mol. The van der Waals surface area contributed by atoms with Crippen molar-refractivity contribution in [3.8, 4) is 11.5 Å². The van der Waals surface area contributed by atoms with Gasteiger partial charge in [0.2, 0.25) is 0 Å². The Morgan fingerprint density at radius 3 is 2.35 bits per heavy atom. The first-order valence-corrected chi connectivity index (χ1v) is 6.54. The Hall–Kier alpha value is -2.32. The van der Waals surface area contributed by atoms with Gasteiger partial charge in [-0.05, 0) is 12.1 Å². The van der Waals surface area contributed by atoms with E-state index in [0.29, 0.717) is 6.07 Å². The quantitative estimate of drug-likeness (QED) is 0.650. The Labute approximate surface area is 133 Å². The van der Waals surface area contributed by atoms with E-state index in [2.05, 4.69) is 0 Å². The highest BCUT2D eigenvalue weighted by Gasteiger charge is 2.42. The van der Waals surface area contributed by atoms with Gasteiger partial charge in [-0.3, -0.25) is 10.1 Å². The number of aliphatic hydroxyl groups excluding tert-OH is 1. The molecule has 2 aromatic rings. The number of rotatable bonds is 4. The number of aliphatic hydroxyl groups is 1. The van der Waals surface area contributed by atoms with Crippen molar-refractivity contribution in [2.24, 2.45) is 0 Å². The second kappa shape index (κ2) is 6.43. The summed E-state index contributed by atoms with van der Waals surface area (Å²) in [5.41, 5.74) is -3.63. The molecule has 122 valence electrons. The van der Waals surface area contributed by atoms with Crippen molar-refractivity contribution in [3.63, 3.8) is 0 Å². The Morgan fingerprint density at radius 2 is 1.87 bits per heavy atom. The van der Waals surface area contributed by atoms with Crippen LogP contribution in [0, 0.1) is 10.1 Å². The van der Waals surface area contributed by atoms with E-state index in [-0.39, 0.29) is 11.5 Å². The van der Waals surface area contributed by atoms with Crippen LogP contribution in [0.3, 0.4) is 0 Å². The Kier molecular flexibility index (Phi) is 4.76. The third-order valence-corrected chi connectivity index (χ3v) is 3.33. The minimum atomic E-state index is -5.05. The van der Waals surface area contributed by atoms with Crippen LogP contribution in [-0.2, 0) is 12.8 Å². The minimum absolute atomic E-state index is 0.229. The lowest BCUT2D eigenvalue weighted by Crippen LogP contribution is -2.14. The fraction of sp³-hybridized carbons (Fsp3) is 0.143. The first-order valence-electron chi connectivity index (χ1n) is 6.16. The molecule has 0 bridgehead atoms. The lowest BCUT2D eigenvalue weighted by molar-refractivity contribution is -0.388. The van der Waals surface area contributed by atoms with Gasteiger partial charge in [0.25, 0.3) is 5.69 Å². The maximum Gasteiger partial charge on any atom is 0.423 e. The fourth-order valence-corrected chi connectivity index (χ4v) is 2.22. The van der Waals surface area contributed by atoms with E-state index in [1.807, 2.05) is 0 Å². The molecule has 0 aliphatic rings. The molecule has 0 aromatic heterocycles. The topological polar surface area (TPSA) is 72.6 Å². The third-order valence-electron chi connectivity index (χ3n) is 2.92. The van der Waals surface area contributed by atoms with Gasteiger partial charge in [0, 0.05) is 5.56 Å². The summed E-state index contributed by atoms with van der Waals surface area (Å²) in [6, 6.07) is 8.49. The molecule has 23 heavy (non-hydrogen) atoms. The van der Waals surface area contributed by atoms with Crippen molar-refractivity contribution in [2.75, 3.05) is 0 Å². The van der Waals surface area contributed by atoms with Gasteiger partial charge >= 0.3 is 6.18 Å². The summed E-state index contributed by atoms with van der Waals surface area (Å²) in [5, 5.41) is 19.6. The summed E-state index contributed by atoms with van der Waals surface area (Å²) in [4.78, 5) is 9.78. The molecule has 1 N–H and O–H groups in total. The molecule has 5 nitrogen and oxygen atoms in total. The highest BCUT2D eigenvalue weighted by atomic mass is 35.5. The number of benzene rings is 2. The van der Waals surface area contributed by atoms with E-state index < -0.39 is 39.5 Å².